The maximum Gasteiger partial charge on any atom is 0.323 e. The number of halogens is 3. The summed E-state index contributed by atoms with van der Waals surface area (Å²) in [4.78, 5) is 30.0. The molecule has 0 radical (unpaired) electrons. The van der Waals surface area contributed by atoms with E-state index in [0.717, 1.165) is 0 Å². The molecule has 6 nitrogen and oxygen atoms in total. The Balaban J connectivity index is 2.52. The van der Waals surface area contributed by atoms with Crippen molar-refractivity contribution in [2.45, 2.75) is 3.79 Å². The normalized spacial score (nSPS) is 11.7. The van der Waals surface area contributed by atoms with Crippen LogP contribution in [0.15, 0.2) is 16.9 Å². The van der Waals surface area contributed by atoms with E-state index in [1.165, 1.54) is 0 Å². The number of anilines is 2. The number of amides is 1. The summed E-state index contributed by atoms with van der Waals surface area (Å²) in [5.74, 6) is -0.775. The molecule has 1 amide bonds. The first-order valence-electron chi connectivity index (χ1n) is 5.50. The maximum atomic E-state index is 11.7. The van der Waals surface area contributed by atoms with Crippen LogP contribution in [0.25, 0.3) is 11.0 Å². The first kappa shape index (κ1) is 15.0. The Kier molecular flexibility index (Phi) is 3.90. The van der Waals surface area contributed by atoms with Crippen molar-refractivity contribution < 1.29 is 4.79 Å². The number of nitrogens with zero attached hydrogens (tertiary/aromatic N) is 1. The summed E-state index contributed by atoms with van der Waals surface area (Å²) in [6.45, 7) is 0. The van der Waals surface area contributed by atoms with Gasteiger partial charge >= 0.3 is 5.69 Å². The number of aromatic amines is 2. The fourth-order valence-corrected chi connectivity index (χ4v) is 1.88. The highest BCUT2D eigenvalue weighted by Gasteiger charge is 2.31. The molecule has 0 aliphatic rings. The lowest BCUT2D eigenvalue weighted by molar-refractivity contribution is -0.115. The number of carbonyl (C=O) groups is 1. The standard InChI is InChI=1S/C11H11Cl3N4O2/c1-18(2)8-4-6-5(16-10(20)17-6)3-7(8)15-9(19)11(12,13)14/h3-4H,1-2H3,(H,15,19)(H2,16,17,20). The van der Waals surface area contributed by atoms with Crippen molar-refractivity contribution in [2.24, 2.45) is 0 Å². The predicted octanol–water partition coefficient (Wildman–Crippen LogP) is 2.23. The molecule has 0 saturated carbocycles. The molecule has 9 heteroatoms. The fraction of sp³-hybridized carbons (Fsp3) is 0.273. The molecule has 0 unspecified atom stereocenters. The minimum Gasteiger partial charge on any atom is -0.376 e. The molecule has 0 fully saturated rings. The van der Waals surface area contributed by atoms with E-state index < -0.39 is 9.70 Å². The van der Waals surface area contributed by atoms with Crippen molar-refractivity contribution in [3.05, 3.63) is 22.6 Å². The molecule has 20 heavy (non-hydrogen) atoms. The van der Waals surface area contributed by atoms with Gasteiger partial charge in [-0.1, -0.05) is 34.8 Å². The third-order valence-corrected chi connectivity index (χ3v) is 3.13. The third kappa shape index (κ3) is 3.03. The number of hydrogen-bond acceptors (Lipinski definition) is 3. The van der Waals surface area contributed by atoms with Crippen molar-refractivity contribution in [2.75, 3.05) is 24.3 Å². The summed E-state index contributed by atoms with van der Waals surface area (Å²) in [5, 5.41) is 2.52. The van der Waals surface area contributed by atoms with Crippen molar-refractivity contribution in [1.82, 2.24) is 9.97 Å². The number of benzene rings is 1. The van der Waals surface area contributed by atoms with E-state index in [1.54, 1.807) is 31.1 Å². The van der Waals surface area contributed by atoms with Crippen LogP contribution in [0.1, 0.15) is 0 Å². The quantitative estimate of drug-likeness (QED) is 0.735. The van der Waals surface area contributed by atoms with Gasteiger partial charge in [0, 0.05) is 14.1 Å². The highest BCUT2D eigenvalue weighted by Crippen LogP contribution is 2.32. The molecule has 0 spiro atoms. The molecule has 2 rings (SSSR count). The van der Waals surface area contributed by atoms with Gasteiger partial charge in [0.2, 0.25) is 0 Å². The van der Waals surface area contributed by atoms with Crippen molar-refractivity contribution in [3.63, 3.8) is 0 Å². The van der Waals surface area contributed by atoms with Gasteiger partial charge in [-0.2, -0.15) is 0 Å². The summed E-state index contributed by atoms with van der Waals surface area (Å²) in [6.07, 6.45) is 0. The van der Waals surface area contributed by atoms with Crippen LogP contribution >= 0.6 is 34.8 Å². The number of nitrogens with one attached hydrogen (secondary N) is 3. The molecule has 0 aliphatic carbocycles. The third-order valence-electron chi connectivity index (χ3n) is 2.62. The molecule has 3 N–H and O–H groups in total. The fourth-order valence-electron chi connectivity index (χ4n) is 1.73. The molecule has 1 aromatic carbocycles. The van der Waals surface area contributed by atoms with Crippen LogP contribution in [0.3, 0.4) is 0 Å². The minimum atomic E-state index is -2.07. The van der Waals surface area contributed by atoms with Gasteiger partial charge in [0.05, 0.1) is 22.4 Å². The summed E-state index contributed by atoms with van der Waals surface area (Å²) in [5.41, 5.74) is 1.91. The van der Waals surface area contributed by atoms with Gasteiger partial charge in [0.15, 0.2) is 0 Å². The van der Waals surface area contributed by atoms with Crippen LogP contribution in [0.5, 0.6) is 0 Å². The van der Waals surface area contributed by atoms with Crippen LogP contribution < -0.4 is 15.9 Å². The topological polar surface area (TPSA) is 81.0 Å². The van der Waals surface area contributed by atoms with E-state index in [0.29, 0.717) is 22.4 Å². The number of alkyl halides is 3. The van der Waals surface area contributed by atoms with Gasteiger partial charge in [-0.3, -0.25) is 4.79 Å². The average molecular weight is 338 g/mol. The van der Waals surface area contributed by atoms with Crippen molar-refractivity contribution >= 4 is 63.1 Å². The summed E-state index contributed by atoms with van der Waals surface area (Å²) >= 11 is 16.6. The maximum absolute atomic E-state index is 11.7. The average Bonchev–Trinajstić information content (AvgIpc) is 2.65. The second kappa shape index (κ2) is 5.20. The van der Waals surface area contributed by atoms with Gasteiger partial charge in [0.1, 0.15) is 0 Å². The number of carbonyl (C=O) groups excluding carboxylic acids is 1. The van der Waals surface area contributed by atoms with E-state index in [-0.39, 0.29) is 5.69 Å². The Morgan fingerprint density at radius 2 is 1.75 bits per heavy atom. The van der Waals surface area contributed by atoms with Crippen molar-refractivity contribution in [3.8, 4) is 0 Å². The number of aromatic nitrogens is 2. The highest BCUT2D eigenvalue weighted by atomic mass is 35.6. The Hall–Kier alpha value is -1.37. The molecular weight excluding hydrogens is 327 g/mol. The summed E-state index contributed by atoms with van der Waals surface area (Å²) in [7, 11) is 3.58. The Bertz CT molecular complexity index is 715. The molecule has 0 aliphatic heterocycles. The second-order valence-electron chi connectivity index (χ2n) is 4.34. The molecule has 0 saturated heterocycles. The Morgan fingerprint density at radius 3 is 2.25 bits per heavy atom. The number of fused-ring (bicyclic) bond motifs is 1. The van der Waals surface area contributed by atoms with Gasteiger partial charge in [0.25, 0.3) is 9.70 Å². The predicted molar refractivity (Wildman–Crippen MR) is 82.2 cm³/mol. The highest BCUT2D eigenvalue weighted by molar-refractivity contribution is 6.76. The molecule has 0 bridgehead atoms. The number of hydrogen-bond donors (Lipinski definition) is 3. The van der Waals surface area contributed by atoms with E-state index in [9.17, 15) is 9.59 Å². The zero-order valence-electron chi connectivity index (χ0n) is 10.6. The Morgan fingerprint density at radius 1 is 1.20 bits per heavy atom. The molecule has 108 valence electrons. The first-order chi connectivity index (χ1) is 9.18. The smallest absolute Gasteiger partial charge is 0.323 e. The number of rotatable bonds is 2. The zero-order chi connectivity index (χ0) is 15.1. The number of imidazole rings is 1. The second-order valence-corrected chi connectivity index (χ2v) is 6.62. The van der Waals surface area contributed by atoms with Gasteiger partial charge in [-0.15, -0.1) is 0 Å². The minimum absolute atomic E-state index is 0.338. The largest absolute Gasteiger partial charge is 0.376 e. The van der Waals surface area contributed by atoms with Crippen LogP contribution in [-0.4, -0.2) is 33.8 Å². The Labute approximate surface area is 129 Å². The molecule has 0 atom stereocenters. The number of H-pyrrole nitrogens is 2. The molecule has 2 aromatic rings. The molecular formula is C11H11Cl3N4O2. The van der Waals surface area contributed by atoms with Gasteiger partial charge < -0.3 is 20.2 Å². The monoisotopic (exact) mass is 336 g/mol. The van der Waals surface area contributed by atoms with Gasteiger partial charge in [-0.25, -0.2) is 4.79 Å². The summed E-state index contributed by atoms with van der Waals surface area (Å²) < 4.78 is -2.07. The zero-order valence-corrected chi connectivity index (χ0v) is 12.8. The van der Waals surface area contributed by atoms with Crippen LogP contribution in [0.2, 0.25) is 0 Å². The van der Waals surface area contributed by atoms with E-state index in [4.69, 9.17) is 34.8 Å². The first-order valence-corrected chi connectivity index (χ1v) is 6.63. The van der Waals surface area contributed by atoms with E-state index in [2.05, 4.69) is 15.3 Å². The lowest BCUT2D eigenvalue weighted by Crippen LogP contribution is -2.28. The van der Waals surface area contributed by atoms with E-state index >= 15 is 0 Å². The van der Waals surface area contributed by atoms with Crippen LogP contribution in [-0.2, 0) is 4.79 Å². The van der Waals surface area contributed by atoms with Gasteiger partial charge in [-0.05, 0) is 12.1 Å². The molecule has 1 aromatic heterocycles. The SMILES string of the molecule is CN(C)c1cc2[nH]c(=O)[nH]c2cc1NC(=O)C(Cl)(Cl)Cl. The lowest BCUT2D eigenvalue weighted by Gasteiger charge is -2.19. The van der Waals surface area contributed by atoms with E-state index in [1.807, 2.05) is 0 Å². The lowest BCUT2D eigenvalue weighted by atomic mass is 10.2. The summed E-state index contributed by atoms with van der Waals surface area (Å²) in [6, 6.07) is 3.30. The molecule has 1 heterocycles. The van der Waals surface area contributed by atoms with Crippen LogP contribution in [0, 0.1) is 0 Å². The van der Waals surface area contributed by atoms with Crippen molar-refractivity contribution in [1.29, 1.82) is 0 Å². The van der Waals surface area contributed by atoms with Crippen LogP contribution in [0.4, 0.5) is 11.4 Å².